The molecule has 1 amide bonds. The van der Waals surface area contributed by atoms with Crippen LogP contribution in [0.2, 0.25) is 0 Å². The highest BCUT2D eigenvalue weighted by Crippen LogP contribution is 2.16. The maximum Gasteiger partial charge on any atom is 0.408 e. The molecule has 0 spiro atoms. The highest BCUT2D eigenvalue weighted by Gasteiger charge is 2.14. The predicted octanol–water partition coefficient (Wildman–Crippen LogP) is 2.85. The van der Waals surface area contributed by atoms with E-state index in [2.05, 4.69) is 39.4 Å². The topological polar surface area (TPSA) is 102 Å². The minimum atomic E-state index is -0.495. The van der Waals surface area contributed by atoms with Gasteiger partial charge in [-0.05, 0) is 34.1 Å². The van der Waals surface area contributed by atoms with E-state index in [1.807, 2.05) is 27.7 Å². The summed E-state index contributed by atoms with van der Waals surface area (Å²) in [7, 11) is 0. The predicted molar refractivity (Wildman–Crippen MR) is 100 cm³/mol. The molecule has 1 heterocycles. The molecule has 7 nitrogen and oxygen atoms in total. The lowest BCUT2D eigenvalue weighted by atomic mass is 10.1. The molecule has 1 rings (SSSR count). The Morgan fingerprint density at radius 1 is 1.28 bits per heavy atom. The van der Waals surface area contributed by atoms with Crippen LogP contribution in [0.5, 0.6) is 0 Å². The Bertz CT molecular complexity index is 641. The second-order valence-corrected chi connectivity index (χ2v) is 6.78. The standard InChI is InChI=1S/C18H29N5O2/c1-6-7-8-11-20-15-14(13(2)21-16(19)22-15)10-9-12-25-17(24)23-18(3,4)5/h6-8,11-12H2,1-5H3,(H,23,24)(H3,19,20,21,22). The van der Waals surface area contributed by atoms with Crippen molar-refractivity contribution < 1.29 is 9.53 Å². The minimum Gasteiger partial charge on any atom is -0.436 e. The molecule has 25 heavy (non-hydrogen) atoms. The molecule has 0 unspecified atom stereocenters. The Kier molecular flexibility index (Phi) is 7.99. The summed E-state index contributed by atoms with van der Waals surface area (Å²) in [6, 6.07) is 0. The zero-order valence-electron chi connectivity index (χ0n) is 15.8. The smallest absolute Gasteiger partial charge is 0.408 e. The number of anilines is 2. The second-order valence-electron chi connectivity index (χ2n) is 6.78. The van der Waals surface area contributed by atoms with Gasteiger partial charge in [-0.15, -0.1) is 0 Å². The van der Waals surface area contributed by atoms with Gasteiger partial charge in [0.15, 0.2) is 6.61 Å². The molecule has 4 N–H and O–H groups in total. The van der Waals surface area contributed by atoms with Crippen LogP contribution in [0.3, 0.4) is 0 Å². The average molecular weight is 347 g/mol. The third kappa shape index (κ3) is 8.25. The van der Waals surface area contributed by atoms with Crippen LogP contribution in [0.25, 0.3) is 0 Å². The van der Waals surface area contributed by atoms with E-state index in [0.29, 0.717) is 17.1 Å². The Hall–Kier alpha value is -2.49. The van der Waals surface area contributed by atoms with Gasteiger partial charge in [0.2, 0.25) is 5.95 Å². The first-order valence-corrected chi connectivity index (χ1v) is 8.54. The van der Waals surface area contributed by atoms with Crippen LogP contribution in [0.15, 0.2) is 0 Å². The summed E-state index contributed by atoms with van der Waals surface area (Å²) >= 11 is 0. The van der Waals surface area contributed by atoms with Gasteiger partial charge in [0.1, 0.15) is 5.82 Å². The number of unbranched alkanes of at least 4 members (excludes halogenated alkanes) is 2. The maximum atomic E-state index is 11.6. The van der Waals surface area contributed by atoms with Crippen LogP contribution in [-0.2, 0) is 4.74 Å². The summed E-state index contributed by atoms with van der Waals surface area (Å²) in [5, 5.41) is 5.96. The van der Waals surface area contributed by atoms with Crippen LogP contribution in [0.4, 0.5) is 16.6 Å². The molecule has 7 heteroatoms. The molecule has 0 radical (unpaired) electrons. The zero-order chi connectivity index (χ0) is 18.9. The number of carbonyl (C=O) groups excluding carboxylic acids is 1. The lowest BCUT2D eigenvalue weighted by molar-refractivity contribution is 0.151. The molecule has 1 aromatic heterocycles. The van der Waals surface area contributed by atoms with Crippen molar-refractivity contribution in [3.63, 3.8) is 0 Å². The molecule has 138 valence electrons. The largest absolute Gasteiger partial charge is 0.436 e. The van der Waals surface area contributed by atoms with E-state index < -0.39 is 6.09 Å². The fourth-order valence-corrected chi connectivity index (χ4v) is 2.02. The number of ether oxygens (including phenoxy) is 1. The maximum absolute atomic E-state index is 11.6. The Morgan fingerprint density at radius 2 is 2.00 bits per heavy atom. The van der Waals surface area contributed by atoms with E-state index in [0.717, 1.165) is 25.8 Å². The first-order valence-electron chi connectivity index (χ1n) is 8.54. The summed E-state index contributed by atoms with van der Waals surface area (Å²) in [4.78, 5) is 20.0. The van der Waals surface area contributed by atoms with E-state index in [1.54, 1.807) is 0 Å². The summed E-state index contributed by atoms with van der Waals surface area (Å²) in [6.45, 7) is 10.4. The van der Waals surface area contributed by atoms with Crippen molar-refractivity contribution in [2.75, 3.05) is 24.2 Å². The van der Waals surface area contributed by atoms with Crippen LogP contribution < -0.4 is 16.4 Å². The van der Waals surface area contributed by atoms with E-state index >= 15 is 0 Å². The van der Waals surface area contributed by atoms with E-state index in [9.17, 15) is 4.79 Å². The fourth-order valence-electron chi connectivity index (χ4n) is 2.02. The number of hydrogen-bond acceptors (Lipinski definition) is 6. The number of aromatic nitrogens is 2. The van der Waals surface area contributed by atoms with Crippen molar-refractivity contribution in [2.45, 2.75) is 59.4 Å². The number of nitrogens with two attached hydrogens (primary N) is 1. The van der Waals surface area contributed by atoms with Gasteiger partial charge >= 0.3 is 6.09 Å². The number of aryl methyl sites for hydroxylation is 1. The summed E-state index contributed by atoms with van der Waals surface area (Å²) < 4.78 is 5.05. The molecule has 0 aromatic carbocycles. The number of nitrogen functional groups attached to an aromatic ring is 1. The van der Waals surface area contributed by atoms with Gasteiger partial charge in [0.25, 0.3) is 0 Å². The molecule has 0 aliphatic heterocycles. The molecule has 0 bridgehead atoms. The lowest BCUT2D eigenvalue weighted by Crippen LogP contribution is -2.40. The molecule has 0 aliphatic carbocycles. The SMILES string of the molecule is CCCCCNc1nc(N)nc(C)c1C#CCOC(=O)NC(C)(C)C. The van der Waals surface area contributed by atoms with E-state index in [-0.39, 0.29) is 18.1 Å². The number of carbonyl (C=O) groups is 1. The Morgan fingerprint density at radius 3 is 2.64 bits per heavy atom. The van der Waals surface area contributed by atoms with Crippen LogP contribution in [0.1, 0.15) is 58.2 Å². The Labute approximate surface area is 150 Å². The van der Waals surface area contributed by atoms with Gasteiger partial charge < -0.3 is 21.1 Å². The van der Waals surface area contributed by atoms with Crippen molar-refractivity contribution in [3.05, 3.63) is 11.3 Å². The van der Waals surface area contributed by atoms with E-state index in [4.69, 9.17) is 10.5 Å². The van der Waals surface area contributed by atoms with Gasteiger partial charge in [0.05, 0.1) is 11.3 Å². The van der Waals surface area contributed by atoms with Crippen molar-refractivity contribution in [3.8, 4) is 11.8 Å². The molecule has 0 atom stereocenters. The van der Waals surface area contributed by atoms with Crippen molar-refractivity contribution >= 4 is 17.9 Å². The zero-order valence-corrected chi connectivity index (χ0v) is 15.8. The molecular weight excluding hydrogens is 318 g/mol. The number of hydrogen-bond donors (Lipinski definition) is 3. The molecule has 0 saturated heterocycles. The highest BCUT2D eigenvalue weighted by atomic mass is 16.5. The molecule has 0 saturated carbocycles. The first kappa shape index (κ1) is 20.6. The monoisotopic (exact) mass is 347 g/mol. The van der Waals surface area contributed by atoms with Crippen LogP contribution in [0, 0.1) is 18.8 Å². The van der Waals surface area contributed by atoms with Gasteiger partial charge in [-0.25, -0.2) is 9.78 Å². The van der Waals surface area contributed by atoms with E-state index in [1.165, 1.54) is 0 Å². The fraction of sp³-hybridized carbons (Fsp3) is 0.611. The molecule has 0 fully saturated rings. The molecule has 0 aliphatic rings. The number of nitrogens with one attached hydrogen (secondary N) is 2. The van der Waals surface area contributed by atoms with Crippen molar-refractivity contribution in [1.82, 2.24) is 15.3 Å². The third-order valence-corrected chi connectivity index (χ3v) is 3.15. The number of nitrogens with zero attached hydrogens (tertiary/aromatic N) is 2. The van der Waals surface area contributed by atoms with Gasteiger partial charge in [-0.2, -0.15) is 4.98 Å². The number of alkyl carbamates (subject to hydrolysis) is 1. The summed E-state index contributed by atoms with van der Waals surface area (Å²) in [5.74, 6) is 6.62. The van der Waals surface area contributed by atoms with Crippen molar-refractivity contribution in [1.29, 1.82) is 0 Å². The van der Waals surface area contributed by atoms with Crippen LogP contribution in [-0.4, -0.2) is 34.8 Å². The van der Waals surface area contributed by atoms with Gasteiger partial charge in [0, 0.05) is 12.1 Å². The normalized spacial score (nSPS) is 10.6. The highest BCUT2D eigenvalue weighted by molar-refractivity contribution is 5.68. The van der Waals surface area contributed by atoms with Crippen LogP contribution >= 0.6 is 0 Å². The Balaban J connectivity index is 2.72. The quantitative estimate of drug-likeness (QED) is 0.540. The molecular formula is C18H29N5O2. The number of rotatable bonds is 6. The average Bonchev–Trinajstić information content (AvgIpc) is 2.48. The van der Waals surface area contributed by atoms with Gasteiger partial charge in [-0.1, -0.05) is 31.6 Å². The minimum absolute atomic E-state index is 0.0129. The van der Waals surface area contributed by atoms with Crippen molar-refractivity contribution in [2.24, 2.45) is 0 Å². The third-order valence-electron chi connectivity index (χ3n) is 3.15. The lowest BCUT2D eigenvalue weighted by Gasteiger charge is -2.19. The summed E-state index contributed by atoms with van der Waals surface area (Å²) in [6.07, 6.45) is 2.84. The van der Waals surface area contributed by atoms with Gasteiger partial charge in [-0.3, -0.25) is 0 Å². The second kappa shape index (κ2) is 9.72. The first-order chi connectivity index (χ1) is 11.7. The summed E-state index contributed by atoms with van der Waals surface area (Å²) in [5.41, 5.74) is 6.74. The molecule has 1 aromatic rings. The number of amides is 1.